The van der Waals surface area contributed by atoms with Gasteiger partial charge in [0.05, 0.1) is 13.0 Å². The van der Waals surface area contributed by atoms with Gasteiger partial charge < -0.3 is 25.4 Å². The van der Waals surface area contributed by atoms with E-state index in [9.17, 15) is 9.59 Å². The van der Waals surface area contributed by atoms with Gasteiger partial charge in [0.2, 0.25) is 5.91 Å². The van der Waals surface area contributed by atoms with Gasteiger partial charge in [-0.15, -0.1) is 0 Å². The molecule has 0 radical (unpaired) electrons. The molecule has 1 unspecified atom stereocenters. The maximum absolute atomic E-state index is 13.4. The van der Waals surface area contributed by atoms with Gasteiger partial charge in [0, 0.05) is 30.9 Å². The van der Waals surface area contributed by atoms with Crippen LogP contribution in [-0.4, -0.2) is 38.6 Å². The number of carbonyl (C=O) groups is 2. The number of aryl methyl sites for hydroxylation is 2. The SMILES string of the molecule is COc1ccc(NCCNC(=O)C(CNC(=O)c2cccc(C)c2)c2ccc(Oc3cccc(C)c3C)cc2)cc1. The predicted octanol–water partition coefficient (Wildman–Crippen LogP) is 6.15. The molecule has 2 amide bonds. The van der Waals surface area contributed by atoms with Gasteiger partial charge in [-0.05, 0) is 92.1 Å². The molecule has 4 rings (SSSR count). The van der Waals surface area contributed by atoms with Crippen LogP contribution in [0, 0.1) is 20.8 Å². The minimum atomic E-state index is -0.584. The summed E-state index contributed by atoms with van der Waals surface area (Å²) in [7, 11) is 1.63. The molecule has 3 N–H and O–H groups in total. The van der Waals surface area contributed by atoms with Crippen molar-refractivity contribution in [2.45, 2.75) is 26.7 Å². The van der Waals surface area contributed by atoms with Gasteiger partial charge in [-0.1, -0.05) is 42.0 Å². The molecule has 0 saturated heterocycles. The second kappa shape index (κ2) is 14.0. The van der Waals surface area contributed by atoms with Crippen LogP contribution >= 0.6 is 0 Å². The van der Waals surface area contributed by atoms with E-state index in [4.69, 9.17) is 9.47 Å². The molecule has 0 aliphatic rings. The van der Waals surface area contributed by atoms with E-state index in [2.05, 4.69) is 16.0 Å². The highest BCUT2D eigenvalue weighted by Crippen LogP contribution is 2.28. The zero-order valence-corrected chi connectivity index (χ0v) is 24.0. The van der Waals surface area contributed by atoms with Gasteiger partial charge >= 0.3 is 0 Å². The second-order valence-corrected chi connectivity index (χ2v) is 9.95. The number of amides is 2. The van der Waals surface area contributed by atoms with E-state index in [-0.39, 0.29) is 18.4 Å². The van der Waals surface area contributed by atoms with Crippen molar-refractivity contribution in [2.24, 2.45) is 0 Å². The smallest absolute Gasteiger partial charge is 0.251 e. The molecule has 0 aromatic heterocycles. The van der Waals surface area contributed by atoms with Crippen LogP contribution in [0.5, 0.6) is 17.2 Å². The Bertz CT molecular complexity index is 1470. The summed E-state index contributed by atoms with van der Waals surface area (Å²) in [5.74, 6) is 1.28. The van der Waals surface area contributed by atoms with Crippen molar-refractivity contribution in [1.29, 1.82) is 0 Å². The average Bonchev–Trinajstić information content (AvgIpc) is 2.98. The van der Waals surface area contributed by atoms with Crippen molar-refractivity contribution in [3.05, 3.63) is 119 Å². The first kappa shape index (κ1) is 29.2. The van der Waals surface area contributed by atoms with Crippen molar-refractivity contribution in [3.63, 3.8) is 0 Å². The average molecular weight is 552 g/mol. The Morgan fingerprint density at radius 2 is 1.49 bits per heavy atom. The number of benzene rings is 4. The van der Waals surface area contributed by atoms with E-state index >= 15 is 0 Å². The number of hydrogen-bond donors (Lipinski definition) is 3. The van der Waals surface area contributed by atoms with Crippen molar-refractivity contribution in [1.82, 2.24) is 10.6 Å². The number of hydrogen-bond acceptors (Lipinski definition) is 5. The Kier molecular flexibility index (Phi) is 9.99. The van der Waals surface area contributed by atoms with Crippen LogP contribution in [-0.2, 0) is 4.79 Å². The number of anilines is 1. The standard InChI is InChI=1S/C34H37N3O4/c1-23-7-5-9-27(21-23)33(38)37-22-31(34(39)36-20-19-35-28-13-17-29(40-4)18-14-28)26-11-15-30(16-12-26)41-32-10-6-8-24(2)25(32)3/h5-18,21,31,35H,19-20,22H2,1-4H3,(H,36,39)(H,37,38). The highest BCUT2D eigenvalue weighted by atomic mass is 16.5. The van der Waals surface area contributed by atoms with Gasteiger partial charge in [0.1, 0.15) is 17.2 Å². The second-order valence-electron chi connectivity index (χ2n) is 9.95. The molecule has 0 spiro atoms. The minimum absolute atomic E-state index is 0.154. The summed E-state index contributed by atoms with van der Waals surface area (Å²) in [6, 6.07) is 28.4. The molecule has 0 fully saturated rings. The van der Waals surface area contributed by atoms with Crippen molar-refractivity contribution < 1.29 is 19.1 Å². The molecule has 4 aromatic rings. The largest absolute Gasteiger partial charge is 0.497 e. The fraction of sp³-hybridized carbons (Fsp3) is 0.235. The molecule has 41 heavy (non-hydrogen) atoms. The Morgan fingerprint density at radius 1 is 0.780 bits per heavy atom. The first-order valence-corrected chi connectivity index (χ1v) is 13.7. The lowest BCUT2D eigenvalue weighted by Gasteiger charge is -2.19. The van der Waals surface area contributed by atoms with E-state index in [1.165, 1.54) is 0 Å². The first-order valence-electron chi connectivity index (χ1n) is 13.7. The molecule has 0 aliphatic carbocycles. The monoisotopic (exact) mass is 551 g/mol. The Labute approximate surface area is 241 Å². The quantitative estimate of drug-likeness (QED) is 0.184. The van der Waals surface area contributed by atoms with Gasteiger partial charge in [0.15, 0.2) is 0 Å². The molecular weight excluding hydrogens is 514 g/mol. The highest BCUT2D eigenvalue weighted by Gasteiger charge is 2.22. The third-order valence-electron chi connectivity index (χ3n) is 6.97. The van der Waals surface area contributed by atoms with Crippen molar-refractivity contribution in [2.75, 3.05) is 32.1 Å². The normalized spacial score (nSPS) is 11.3. The lowest BCUT2D eigenvalue weighted by atomic mass is 9.97. The first-order chi connectivity index (χ1) is 19.8. The van der Waals surface area contributed by atoms with Crippen molar-refractivity contribution in [3.8, 4) is 17.2 Å². The van der Waals surface area contributed by atoms with E-state index in [1.807, 2.05) is 106 Å². The Morgan fingerprint density at radius 3 is 2.20 bits per heavy atom. The molecule has 7 nitrogen and oxygen atoms in total. The lowest BCUT2D eigenvalue weighted by Crippen LogP contribution is -2.39. The van der Waals surface area contributed by atoms with Crippen LogP contribution in [0.25, 0.3) is 0 Å². The highest BCUT2D eigenvalue weighted by molar-refractivity contribution is 5.95. The Hall–Kier alpha value is -4.78. The summed E-state index contributed by atoms with van der Waals surface area (Å²) >= 11 is 0. The third-order valence-corrected chi connectivity index (χ3v) is 6.97. The van der Waals surface area contributed by atoms with Gasteiger partial charge in [0.25, 0.3) is 5.91 Å². The van der Waals surface area contributed by atoms with Gasteiger partial charge in [-0.2, -0.15) is 0 Å². The van der Waals surface area contributed by atoms with Gasteiger partial charge in [-0.25, -0.2) is 0 Å². The maximum Gasteiger partial charge on any atom is 0.251 e. The molecule has 4 aromatic carbocycles. The van der Waals surface area contributed by atoms with Gasteiger partial charge in [-0.3, -0.25) is 9.59 Å². The van der Waals surface area contributed by atoms with Crippen molar-refractivity contribution >= 4 is 17.5 Å². The van der Waals surface area contributed by atoms with E-state index < -0.39 is 5.92 Å². The number of nitrogens with one attached hydrogen (secondary N) is 3. The molecule has 0 heterocycles. The predicted molar refractivity (Wildman–Crippen MR) is 163 cm³/mol. The zero-order chi connectivity index (χ0) is 29.2. The van der Waals surface area contributed by atoms with Crippen LogP contribution < -0.4 is 25.4 Å². The summed E-state index contributed by atoms with van der Waals surface area (Å²) in [4.78, 5) is 26.2. The molecule has 7 heteroatoms. The van der Waals surface area contributed by atoms with Crippen LogP contribution in [0.2, 0.25) is 0 Å². The Balaban J connectivity index is 1.43. The molecule has 0 bridgehead atoms. The third kappa shape index (κ3) is 8.11. The molecular formula is C34H37N3O4. The fourth-order valence-electron chi connectivity index (χ4n) is 4.40. The summed E-state index contributed by atoms with van der Waals surface area (Å²) in [5.41, 5.74) is 5.50. The summed E-state index contributed by atoms with van der Waals surface area (Å²) < 4.78 is 11.3. The molecule has 1 atom stereocenters. The number of rotatable bonds is 12. The summed E-state index contributed by atoms with van der Waals surface area (Å²) in [6.07, 6.45) is 0. The molecule has 212 valence electrons. The van der Waals surface area contributed by atoms with Crippen LogP contribution in [0.15, 0.2) is 91.0 Å². The van der Waals surface area contributed by atoms with Crippen LogP contribution in [0.1, 0.15) is 38.5 Å². The number of ether oxygens (including phenoxy) is 2. The maximum atomic E-state index is 13.4. The van der Waals surface area contributed by atoms with E-state index in [1.54, 1.807) is 13.2 Å². The summed E-state index contributed by atoms with van der Waals surface area (Å²) in [6.45, 7) is 7.13. The van der Waals surface area contributed by atoms with E-state index in [0.29, 0.717) is 24.4 Å². The van der Waals surface area contributed by atoms with E-state index in [0.717, 1.165) is 39.4 Å². The lowest BCUT2D eigenvalue weighted by molar-refractivity contribution is -0.122. The zero-order valence-electron chi connectivity index (χ0n) is 24.0. The van der Waals surface area contributed by atoms with Crippen LogP contribution in [0.4, 0.5) is 5.69 Å². The molecule has 0 saturated carbocycles. The number of carbonyl (C=O) groups excluding carboxylic acids is 2. The van der Waals surface area contributed by atoms with Crippen LogP contribution in [0.3, 0.4) is 0 Å². The number of methoxy groups -OCH3 is 1. The summed E-state index contributed by atoms with van der Waals surface area (Å²) in [5, 5.41) is 9.24. The minimum Gasteiger partial charge on any atom is -0.497 e. The molecule has 0 aliphatic heterocycles. The topological polar surface area (TPSA) is 88.7 Å². The fourth-order valence-corrected chi connectivity index (χ4v) is 4.40.